The quantitative estimate of drug-likeness (QED) is 0.689. The molecule has 0 saturated carbocycles. The van der Waals surface area contributed by atoms with Gasteiger partial charge in [0, 0.05) is 5.69 Å². The SMILES string of the molecule is Cc1cc(CO)nn1C(C)(C)C. The third-order valence-electron chi connectivity index (χ3n) is 1.74. The van der Waals surface area contributed by atoms with Gasteiger partial charge in [-0.05, 0) is 33.8 Å². The van der Waals surface area contributed by atoms with Crippen LogP contribution in [0.15, 0.2) is 6.07 Å². The van der Waals surface area contributed by atoms with E-state index < -0.39 is 0 Å². The molecule has 0 amide bonds. The summed E-state index contributed by atoms with van der Waals surface area (Å²) in [6.45, 7) is 8.29. The summed E-state index contributed by atoms with van der Waals surface area (Å²) in [6, 6.07) is 1.91. The lowest BCUT2D eigenvalue weighted by atomic mass is 10.1. The fraction of sp³-hybridized carbons (Fsp3) is 0.667. The number of aliphatic hydroxyl groups excluding tert-OH is 1. The molecule has 1 heterocycles. The molecule has 1 aromatic heterocycles. The molecule has 3 nitrogen and oxygen atoms in total. The second-order valence-electron chi connectivity index (χ2n) is 4.02. The van der Waals surface area contributed by atoms with Crippen molar-refractivity contribution in [3.8, 4) is 0 Å². The minimum absolute atomic E-state index is 0.00248. The maximum atomic E-state index is 8.87. The van der Waals surface area contributed by atoms with E-state index in [2.05, 4.69) is 25.9 Å². The average Bonchev–Trinajstić information content (AvgIpc) is 2.29. The summed E-state index contributed by atoms with van der Waals surface area (Å²) in [6.07, 6.45) is 0. The van der Waals surface area contributed by atoms with Gasteiger partial charge in [0.05, 0.1) is 17.8 Å². The first kappa shape index (κ1) is 9.26. The van der Waals surface area contributed by atoms with Crippen molar-refractivity contribution in [2.24, 2.45) is 0 Å². The summed E-state index contributed by atoms with van der Waals surface area (Å²) in [5.41, 5.74) is 1.83. The number of aliphatic hydroxyl groups is 1. The van der Waals surface area contributed by atoms with Crippen molar-refractivity contribution < 1.29 is 5.11 Å². The van der Waals surface area contributed by atoms with Crippen LogP contribution in [0.5, 0.6) is 0 Å². The van der Waals surface area contributed by atoms with Crippen LogP contribution in [0.2, 0.25) is 0 Å². The molecule has 0 aliphatic heterocycles. The van der Waals surface area contributed by atoms with E-state index in [1.165, 1.54) is 0 Å². The molecule has 3 heteroatoms. The van der Waals surface area contributed by atoms with Crippen molar-refractivity contribution in [1.82, 2.24) is 9.78 Å². The molecule has 0 aliphatic rings. The van der Waals surface area contributed by atoms with Crippen LogP contribution in [0, 0.1) is 6.92 Å². The molecular formula is C9H16N2O. The Kier molecular flexibility index (Phi) is 2.24. The van der Waals surface area contributed by atoms with Gasteiger partial charge in [0.1, 0.15) is 0 Å². The van der Waals surface area contributed by atoms with Crippen LogP contribution in [-0.4, -0.2) is 14.9 Å². The number of aromatic nitrogens is 2. The van der Waals surface area contributed by atoms with Crippen molar-refractivity contribution in [1.29, 1.82) is 0 Å². The Labute approximate surface area is 73.0 Å². The highest BCUT2D eigenvalue weighted by Crippen LogP contribution is 2.16. The number of rotatable bonds is 1. The van der Waals surface area contributed by atoms with Gasteiger partial charge >= 0.3 is 0 Å². The van der Waals surface area contributed by atoms with Crippen LogP contribution in [-0.2, 0) is 12.1 Å². The lowest BCUT2D eigenvalue weighted by molar-refractivity contribution is 0.269. The molecule has 1 rings (SSSR count). The Bertz CT molecular complexity index is 271. The zero-order valence-corrected chi connectivity index (χ0v) is 8.13. The summed E-state index contributed by atoms with van der Waals surface area (Å²) >= 11 is 0. The fourth-order valence-electron chi connectivity index (χ4n) is 1.29. The van der Waals surface area contributed by atoms with Gasteiger partial charge in [-0.1, -0.05) is 0 Å². The van der Waals surface area contributed by atoms with Gasteiger partial charge in [-0.2, -0.15) is 5.10 Å². The predicted octanol–water partition coefficient (Wildman–Crippen LogP) is 1.44. The van der Waals surface area contributed by atoms with Gasteiger partial charge in [0.2, 0.25) is 0 Å². The van der Waals surface area contributed by atoms with Gasteiger partial charge < -0.3 is 5.11 Å². The Balaban J connectivity index is 3.08. The number of nitrogens with zero attached hydrogens (tertiary/aromatic N) is 2. The molecule has 0 spiro atoms. The minimum atomic E-state index is -0.00248. The molecule has 0 aromatic carbocycles. The monoisotopic (exact) mass is 168 g/mol. The van der Waals surface area contributed by atoms with E-state index >= 15 is 0 Å². The van der Waals surface area contributed by atoms with Crippen molar-refractivity contribution in [3.63, 3.8) is 0 Å². The second-order valence-corrected chi connectivity index (χ2v) is 4.02. The zero-order chi connectivity index (χ0) is 9.35. The van der Waals surface area contributed by atoms with E-state index in [0.29, 0.717) is 0 Å². The topological polar surface area (TPSA) is 38.1 Å². The lowest BCUT2D eigenvalue weighted by Crippen LogP contribution is -2.24. The fourth-order valence-corrected chi connectivity index (χ4v) is 1.29. The van der Waals surface area contributed by atoms with E-state index in [1.807, 2.05) is 17.7 Å². The van der Waals surface area contributed by atoms with Crippen LogP contribution < -0.4 is 0 Å². The number of hydrogen-bond acceptors (Lipinski definition) is 2. The number of hydrogen-bond donors (Lipinski definition) is 1. The number of aryl methyl sites for hydroxylation is 1. The van der Waals surface area contributed by atoms with Crippen molar-refractivity contribution in [2.75, 3.05) is 0 Å². The van der Waals surface area contributed by atoms with Crippen molar-refractivity contribution in [2.45, 2.75) is 39.8 Å². The molecule has 0 saturated heterocycles. The standard InChI is InChI=1S/C9H16N2O/c1-7-5-8(6-12)10-11(7)9(2,3)4/h5,12H,6H2,1-4H3. The van der Waals surface area contributed by atoms with Crippen LogP contribution in [0.1, 0.15) is 32.2 Å². The minimum Gasteiger partial charge on any atom is -0.390 e. The maximum Gasteiger partial charge on any atom is 0.0881 e. The molecular weight excluding hydrogens is 152 g/mol. The Morgan fingerprint density at radius 1 is 1.50 bits per heavy atom. The van der Waals surface area contributed by atoms with Crippen LogP contribution in [0.25, 0.3) is 0 Å². The lowest BCUT2D eigenvalue weighted by Gasteiger charge is -2.21. The smallest absolute Gasteiger partial charge is 0.0881 e. The Hall–Kier alpha value is -0.830. The molecule has 0 radical (unpaired) electrons. The highest BCUT2D eigenvalue weighted by atomic mass is 16.3. The van der Waals surface area contributed by atoms with E-state index in [0.717, 1.165) is 11.4 Å². The highest BCUT2D eigenvalue weighted by Gasteiger charge is 2.16. The zero-order valence-electron chi connectivity index (χ0n) is 8.13. The van der Waals surface area contributed by atoms with Crippen LogP contribution in [0.4, 0.5) is 0 Å². The maximum absolute atomic E-state index is 8.87. The van der Waals surface area contributed by atoms with Crippen molar-refractivity contribution >= 4 is 0 Å². The second kappa shape index (κ2) is 2.90. The van der Waals surface area contributed by atoms with Gasteiger partial charge in [0.15, 0.2) is 0 Å². The summed E-state index contributed by atoms with van der Waals surface area (Å²) < 4.78 is 1.93. The molecule has 0 unspecified atom stereocenters. The summed E-state index contributed by atoms with van der Waals surface area (Å²) in [7, 11) is 0. The van der Waals surface area contributed by atoms with E-state index in [4.69, 9.17) is 5.11 Å². The van der Waals surface area contributed by atoms with Gasteiger partial charge in [-0.25, -0.2) is 0 Å². The summed E-state index contributed by atoms with van der Waals surface area (Å²) in [4.78, 5) is 0. The third-order valence-corrected chi connectivity index (χ3v) is 1.74. The van der Waals surface area contributed by atoms with E-state index in [9.17, 15) is 0 Å². The largest absolute Gasteiger partial charge is 0.390 e. The molecule has 0 fully saturated rings. The van der Waals surface area contributed by atoms with Gasteiger partial charge in [0.25, 0.3) is 0 Å². The molecule has 0 bridgehead atoms. The molecule has 12 heavy (non-hydrogen) atoms. The Morgan fingerprint density at radius 2 is 2.08 bits per heavy atom. The molecule has 1 N–H and O–H groups in total. The normalized spacial score (nSPS) is 12.1. The van der Waals surface area contributed by atoms with E-state index in [-0.39, 0.29) is 12.1 Å². The first-order valence-corrected chi connectivity index (χ1v) is 4.12. The van der Waals surface area contributed by atoms with Gasteiger partial charge in [-0.3, -0.25) is 4.68 Å². The van der Waals surface area contributed by atoms with Gasteiger partial charge in [-0.15, -0.1) is 0 Å². The predicted molar refractivity (Wildman–Crippen MR) is 47.9 cm³/mol. The molecule has 1 aromatic rings. The Morgan fingerprint density at radius 3 is 2.33 bits per heavy atom. The first-order chi connectivity index (χ1) is 5.45. The average molecular weight is 168 g/mol. The van der Waals surface area contributed by atoms with Crippen LogP contribution in [0.3, 0.4) is 0 Å². The van der Waals surface area contributed by atoms with E-state index in [1.54, 1.807) is 0 Å². The van der Waals surface area contributed by atoms with Crippen molar-refractivity contribution in [3.05, 3.63) is 17.5 Å². The molecule has 0 atom stereocenters. The highest BCUT2D eigenvalue weighted by molar-refractivity contribution is 5.09. The third kappa shape index (κ3) is 1.67. The molecule has 68 valence electrons. The summed E-state index contributed by atoms with van der Waals surface area (Å²) in [5, 5.41) is 13.1. The first-order valence-electron chi connectivity index (χ1n) is 4.12. The van der Waals surface area contributed by atoms with Crippen LogP contribution >= 0.6 is 0 Å². The summed E-state index contributed by atoms with van der Waals surface area (Å²) in [5.74, 6) is 0. The molecule has 0 aliphatic carbocycles.